The molecule has 2 aromatic rings. The molecule has 1 saturated heterocycles. The molecule has 3 rings (SSSR count). The first kappa shape index (κ1) is 36.2. The number of nitrogens with one attached hydrogen (secondary N) is 1. The summed E-state index contributed by atoms with van der Waals surface area (Å²) in [6.07, 6.45) is 0.925. The van der Waals surface area contributed by atoms with Crippen molar-refractivity contribution in [1.82, 2.24) is 15.1 Å². The van der Waals surface area contributed by atoms with E-state index in [1.54, 1.807) is 7.11 Å². The third-order valence-electron chi connectivity index (χ3n) is 8.03. The fraction of sp³-hybridized carbons (Fsp3) is 0.559. The van der Waals surface area contributed by atoms with Gasteiger partial charge < -0.3 is 28.5 Å². The van der Waals surface area contributed by atoms with Gasteiger partial charge in [0.25, 0.3) is 0 Å². The third-order valence-corrected chi connectivity index (χ3v) is 11.8. The summed E-state index contributed by atoms with van der Waals surface area (Å²) in [5.41, 5.74) is 1.91. The van der Waals surface area contributed by atoms with Crippen LogP contribution in [0.15, 0.2) is 54.6 Å². The van der Waals surface area contributed by atoms with Gasteiger partial charge in [-0.1, -0.05) is 56.3 Å². The van der Waals surface area contributed by atoms with Crippen LogP contribution in [-0.2, 0) is 41.1 Å². The van der Waals surface area contributed by atoms with Crippen LogP contribution in [0.4, 0.5) is 0 Å². The smallest absolute Gasteiger partial charge is 0.337 e. The number of hydrogen-bond donors (Lipinski definition) is 1. The fourth-order valence-electron chi connectivity index (χ4n) is 5.35. The van der Waals surface area contributed by atoms with Crippen molar-refractivity contribution in [3.8, 4) is 5.75 Å². The fourth-order valence-corrected chi connectivity index (χ4v) is 8.02. The molecule has 0 radical (unpaired) electrons. The number of amides is 2. The number of hydrogen-bond acceptors (Lipinski definition) is 8. The number of carbonyl (C=O) groups excluding carboxylic acids is 3. The lowest BCUT2D eigenvalue weighted by molar-refractivity contribution is -0.145. The molecule has 0 saturated carbocycles. The average Bonchev–Trinajstić information content (AvgIpc) is 3.05. The van der Waals surface area contributed by atoms with Crippen molar-refractivity contribution < 1.29 is 32.7 Å². The molecule has 1 atom stereocenters. The molecular weight excluding hydrogens is 590 g/mol. The maximum Gasteiger partial charge on any atom is 0.337 e. The molecule has 1 aliphatic rings. The molecule has 0 spiro atoms. The summed E-state index contributed by atoms with van der Waals surface area (Å²) in [5, 5.41) is 3.02. The third kappa shape index (κ3) is 12.2. The molecule has 0 bridgehead atoms. The van der Waals surface area contributed by atoms with E-state index in [4.69, 9.17) is 18.3 Å². The van der Waals surface area contributed by atoms with Crippen LogP contribution in [0.3, 0.4) is 0 Å². The number of carbonyl (C=O) groups is 3. The molecule has 1 unspecified atom stereocenters. The molecule has 0 aromatic heterocycles. The van der Waals surface area contributed by atoms with Gasteiger partial charge in [0.1, 0.15) is 12.4 Å². The van der Waals surface area contributed by atoms with Gasteiger partial charge in [-0.15, -0.1) is 0 Å². The number of ether oxygens (including phenoxy) is 2. The summed E-state index contributed by atoms with van der Waals surface area (Å²) in [7, 11) is -0.813. The zero-order valence-electron chi connectivity index (χ0n) is 27.6. The van der Waals surface area contributed by atoms with Crippen molar-refractivity contribution in [3.05, 3.63) is 65.7 Å². The number of rotatable bonds is 18. The first-order valence-electron chi connectivity index (χ1n) is 16.1. The standard InChI is InChI=1S/C34H51N3O7Si/c1-6-45(7-2,44-27(3)4)43-26-30-23-37(33(39)14-11-15-34(40)42-25-29-12-9-8-10-13-29)21-20-36(30)24-32(38)35-22-28-16-18-31(41-5)19-17-28/h8-10,12-13,16-19,27,30H,6-7,11,14-15,20-26H2,1-5H3,(H,35,38). The number of nitrogens with zero attached hydrogens (tertiary/aromatic N) is 2. The van der Waals surface area contributed by atoms with Crippen LogP contribution in [-0.4, -0.2) is 88.2 Å². The highest BCUT2D eigenvalue weighted by atomic mass is 28.4. The van der Waals surface area contributed by atoms with Gasteiger partial charge in [0.2, 0.25) is 11.8 Å². The molecule has 11 heteroatoms. The van der Waals surface area contributed by atoms with Gasteiger partial charge in [0, 0.05) is 45.1 Å². The second kappa shape index (κ2) is 18.7. The van der Waals surface area contributed by atoms with Gasteiger partial charge >= 0.3 is 14.5 Å². The van der Waals surface area contributed by atoms with E-state index >= 15 is 0 Å². The van der Waals surface area contributed by atoms with E-state index in [9.17, 15) is 14.4 Å². The number of esters is 1. The van der Waals surface area contributed by atoms with Crippen LogP contribution in [0.1, 0.15) is 58.1 Å². The predicted octanol–water partition coefficient (Wildman–Crippen LogP) is 4.66. The molecule has 1 N–H and O–H groups in total. The van der Waals surface area contributed by atoms with Crippen molar-refractivity contribution in [2.24, 2.45) is 0 Å². The van der Waals surface area contributed by atoms with Crippen LogP contribution in [0.2, 0.25) is 12.1 Å². The Balaban J connectivity index is 1.56. The minimum absolute atomic E-state index is 0.00705. The molecule has 2 amide bonds. The summed E-state index contributed by atoms with van der Waals surface area (Å²) in [6, 6.07) is 18.6. The van der Waals surface area contributed by atoms with Crippen molar-refractivity contribution in [2.75, 3.05) is 39.9 Å². The van der Waals surface area contributed by atoms with Crippen molar-refractivity contribution in [2.45, 2.75) is 84.3 Å². The van der Waals surface area contributed by atoms with E-state index in [0.717, 1.165) is 29.0 Å². The van der Waals surface area contributed by atoms with Crippen molar-refractivity contribution >= 4 is 26.3 Å². The zero-order valence-corrected chi connectivity index (χ0v) is 28.6. The first-order valence-corrected chi connectivity index (χ1v) is 18.3. The van der Waals surface area contributed by atoms with Crippen molar-refractivity contribution in [1.29, 1.82) is 0 Å². The zero-order chi connectivity index (χ0) is 32.7. The Morgan fingerprint density at radius 2 is 1.67 bits per heavy atom. The summed E-state index contributed by atoms with van der Waals surface area (Å²) in [4.78, 5) is 42.4. The second-order valence-electron chi connectivity index (χ2n) is 11.7. The van der Waals surface area contributed by atoms with Crippen LogP contribution >= 0.6 is 0 Å². The van der Waals surface area contributed by atoms with Crippen LogP contribution in [0.5, 0.6) is 5.75 Å². The van der Waals surface area contributed by atoms with E-state index < -0.39 is 8.56 Å². The molecule has 1 heterocycles. The molecule has 45 heavy (non-hydrogen) atoms. The molecule has 2 aromatic carbocycles. The van der Waals surface area contributed by atoms with E-state index in [1.165, 1.54) is 0 Å². The maximum absolute atomic E-state index is 13.2. The lowest BCUT2D eigenvalue weighted by Gasteiger charge is -2.42. The monoisotopic (exact) mass is 641 g/mol. The minimum Gasteiger partial charge on any atom is -0.497 e. The summed E-state index contributed by atoms with van der Waals surface area (Å²) in [6.45, 7) is 11.0. The number of piperazine rings is 1. The summed E-state index contributed by atoms with van der Waals surface area (Å²) < 4.78 is 23.5. The predicted molar refractivity (Wildman–Crippen MR) is 176 cm³/mol. The highest BCUT2D eigenvalue weighted by Crippen LogP contribution is 2.23. The number of benzene rings is 2. The van der Waals surface area contributed by atoms with Crippen LogP contribution in [0, 0.1) is 0 Å². The number of methoxy groups -OCH3 is 1. The summed E-state index contributed by atoms with van der Waals surface area (Å²) in [5.74, 6) is 0.363. The highest BCUT2D eigenvalue weighted by Gasteiger charge is 2.38. The quantitative estimate of drug-likeness (QED) is 0.185. The first-order chi connectivity index (χ1) is 21.7. The van der Waals surface area contributed by atoms with Gasteiger partial charge in [-0.2, -0.15) is 0 Å². The normalized spacial score (nSPS) is 15.6. The van der Waals surface area contributed by atoms with Gasteiger partial charge in [0.05, 0.1) is 26.3 Å². The van der Waals surface area contributed by atoms with Gasteiger partial charge in [-0.3, -0.25) is 19.3 Å². The van der Waals surface area contributed by atoms with Gasteiger partial charge in [-0.05, 0) is 55.6 Å². The van der Waals surface area contributed by atoms with Crippen molar-refractivity contribution in [3.63, 3.8) is 0 Å². The molecule has 248 valence electrons. The molecule has 1 fully saturated rings. The minimum atomic E-state index is -2.43. The van der Waals surface area contributed by atoms with Crippen LogP contribution in [0.25, 0.3) is 0 Å². The Hall–Kier alpha value is -3.25. The molecular formula is C34H51N3O7Si. The van der Waals surface area contributed by atoms with Gasteiger partial charge in [-0.25, -0.2) is 0 Å². The van der Waals surface area contributed by atoms with Crippen LogP contribution < -0.4 is 10.1 Å². The second-order valence-corrected chi connectivity index (χ2v) is 15.4. The topological polar surface area (TPSA) is 107 Å². The van der Waals surface area contributed by atoms with E-state index in [1.807, 2.05) is 73.3 Å². The average molecular weight is 642 g/mol. The lowest BCUT2D eigenvalue weighted by Crippen LogP contribution is -2.59. The van der Waals surface area contributed by atoms with E-state index in [2.05, 4.69) is 24.1 Å². The Bertz CT molecular complexity index is 1190. The Morgan fingerprint density at radius 1 is 0.956 bits per heavy atom. The van der Waals surface area contributed by atoms with E-state index in [0.29, 0.717) is 39.2 Å². The lowest BCUT2D eigenvalue weighted by atomic mass is 10.1. The Kier molecular flexibility index (Phi) is 15.0. The Labute approximate surface area is 269 Å². The van der Waals surface area contributed by atoms with Gasteiger partial charge in [0.15, 0.2) is 0 Å². The molecule has 1 aliphatic heterocycles. The largest absolute Gasteiger partial charge is 0.497 e. The van der Waals surface area contributed by atoms with E-state index in [-0.39, 0.29) is 55.9 Å². The molecule has 10 nitrogen and oxygen atoms in total. The summed E-state index contributed by atoms with van der Waals surface area (Å²) >= 11 is 0. The Morgan fingerprint density at radius 3 is 2.31 bits per heavy atom. The highest BCUT2D eigenvalue weighted by molar-refractivity contribution is 6.67. The SMILES string of the molecule is CC[Si](CC)(OCC1CN(C(=O)CCCC(=O)OCc2ccccc2)CCN1CC(=O)NCc1ccc(OC)cc1)OC(C)C. The molecule has 0 aliphatic carbocycles. The maximum atomic E-state index is 13.2.